The van der Waals surface area contributed by atoms with Gasteiger partial charge in [0, 0.05) is 18.8 Å². The van der Waals surface area contributed by atoms with Crippen LogP contribution in [0.15, 0.2) is 35.7 Å². The number of hydrogen-bond donors (Lipinski definition) is 2. The van der Waals surface area contributed by atoms with Gasteiger partial charge in [0.2, 0.25) is 0 Å². The first-order valence-electron chi connectivity index (χ1n) is 6.65. The van der Waals surface area contributed by atoms with Crippen LogP contribution in [0.3, 0.4) is 0 Å². The number of rotatable bonds is 5. The molecule has 0 fully saturated rings. The molecule has 0 aliphatic carbocycles. The van der Waals surface area contributed by atoms with Gasteiger partial charge in [0.1, 0.15) is 0 Å². The van der Waals surface area contributed by atoms with Gasteiger partial charge in [-0.1, -0.05) is 6.07 Å². The first-order valence-corrected chi connectivity index (χ1v) is 7.53. The molecule has 4 nitrogen and oxygen atoms in total. The van der Waals surface area contributed by atoms with Crippen molar-refractivity contribution in [2.24, 2.45) is 0 Å². The fourth-order valence-corrected chi connectivity index (χ4v) is 2.70. The number of nitrogen functional groups attached to an aromatic ring is 1. The van der Waals surface area contributed by atoms with Crippen molar-refractivity contribution < 1.29 is 4.79 Å². The Morgan fingerprint density at radius 3 is 2.60 bits per heavy atom. The summed E-state index contributed by atoms with van der Waals surface area (Å²) in [5, 5.41) is 4.74. The molecule has 0 bridgehead atoms. The van der Waals surface area contributed by atoms with Crippen molar-refractivity contribution in [3.05, 3.63) is 40.6 Å². The zero-order valence-corrected chi connectivity index (χ0v) is 12.5. The van der Waals surface area contributed by atoms with Crippen LogP contribution in [0, 0.1) is 0 Å². The van der Waals surface area contributed by atoms with Gasteiger partial charge >= 0.3 is 0 Å². The average Bonchev–Trinajstić information content (AvgIpc) is 2.96. The third-order valence-electron chi connectivity index (χ3n) is 3.13. The van der Waals surface area contributed by atoms with E-state index in [0.29, 0.717) is 10.6 Å². The first kappa shape index (κ1) is 14.4. The zero-order valence-electron chi connectivity index (χ0n) is 11.7. The minimum absolute atomic E-state index is 0.102. The van der Waals surface area contributed by atoms with Crippen LogP contribution in [0.25, 0.3) is 0 Å². The largest absolute Gasteiger partial charge is 0.397 e. The van der Waals surface area contributed by atoms with Gasteiger partial charge in [-0.2, -0.15) is 0 Å². The van der Waals surface area contributed by atoms with Crippen molar-refractivity contribution in [1.29, 1.82) is 0 Å². The topological polar surface area (TPSA) is 58.4 Å². The van der Waals surface area contributed by atoms with Crippen LogP contribution in [0.2, 0.25) is 0 Å². The van der Waals surface area contributed by atoms with Gasteiger partial charge in [-0.25, -0.2) is 0 Å². The maximum atomic E-state index is 12.0. The lowest BCUT2D eigenvalue weighted by Gasteiger charge is -2.23. The van der Waals surface area contributed by atoms with E-state index in [1.54, 1.807) is 12.1 Å². The van der Waals surface area contributed by atoms with Crippen molar-refractivity contribution in [3.63, 3.8) is 0 Å². The summed E-state index contributed by atoms with van der Waals surface area (Å²) in [6, 6.07) is 9.30. The molecule has 0 aliphatic heterocycles. The standard InChI is InChI=1S/C15H19N3OS/c1-3-18(4-2)13-8-7-11(10-12(13)16)17-15(19)14-6-5-9-20-14/h5-10H,3-4,16H2,1-2H3,(H,17,19). The molecule has 0 saturated carbocycles. The number of benzene rings is 1. The molecule has 0 unspecified atom stereocenters. The van der Waals surface area contributed by atoms with E-state index in [0.717, 1.165) is 24.5 Å². The van der Waals surface area contributed by atoms with E-state index >= 15 is 0 Å². The summed E-state index contributed by atoms with van der Waals surface area (Å²) in [6.45, 7) is 5.99. The summed E-state index contributed by atoms with van der Waals surface area (Å²) in [5.74, 6) is -0.102. The number of carbonyl (C=O) groups excluding carboxylic acids is 1. The number of hydrogen-bond acceptors (Lipinski definition) is 4. The van der Waals surface area contributed by atoms with Crippen LogP contribution in [0.1, 0.15) is 23.5 Å². The summed E-state index contributed by atoms with van der Waals surface area (Å²) in [6.07, 6.45) is 0. The summed E-state index contributed by atoms with van der Waals surface area (Å²) < 4.78 is 0. The Morgan fingerprint density at radius 1 is 1.30 bits per heavy atom. The molecule has 1 heterocycles. The highest BCUT2D eigenvalue weighted by Gasteiger charge is 2.10. The Morgan fingerprint density at radius 2 is 2.05 bits per heavy atom. The molecule has 5 heteroatoms. The maximum Gasteiger partial charge on any atom is 0.265 e. The molecule has 2 rings (SSSR count). The molecular formula is C15H19N3OS. The fourth-order valence-electron chi connectivity index (χ4n) is 2.09. The number of nitrogens with one attached hydrogen (secondary N) is 1. The second-order valence-electron chi connectivity index (χ2n) is 4.38. The molecule has 0 saturated heterocycles. The van der Waals surface area contributed by atoms with Gasteiger partial charge in [-0.05, 0) is 43.5 Å². The number of anilines is 3. The summed E-state index contributed by atoms with van der Waals surface area (Å²) in [4.78, 5) is 14.8. The van der Waals surface area contributed by atoms with Gasteiger partial charge in [-0.3, -0.25) is 4.79 Å². The molecule has 0 spiro atoms. The third kappa shape index (κ3) is 3.11. The zero-order chi connectivity index (χ0) is 14.5. The molecule has 3 N–H and O–H groups in total. The number of amides is 1. The van der Waals surface area contributed by atoms with Crippen LogP contribution in [-0.4, -0.2) is 19.0 Å². The molecule has 1 aromatic carbocycles. The quantitative estimate of drug-likeness (QED) is 0.829. The highest BCUT2D eigenvalue weighted by molar-refractivity contribution is 7.12. The monoisotopic (exact) mass is 289 g/mol. The van der Waals surface area contributed by atoms with Crippen molar-refractivity contribution >= 4 is 34.3 Å². The van der Waals surface area contributed by atoms with Crippen LogP contribution in [0.5, 0.6) is 0 Å². The van der Waals surface area contributed by atoms with E-state index in [-0.39, 0.29) is 5.91 Å². The Kier molecular flexibility index (Phi) is 4.63. The lowest BCUT2D eigenvalue weighted by molar-refractivity contribution is 0.103. The molecule has 106 valence electrons. The molecular weight excluding hydrogens is 270 g/mol. The van der Waals surface area contributed by atoms with Crippen LogP contribution < -0.4 is 16.0 Å². The molecule has 1 amide bonds. The molecule has 20 heavy (non-hydrogen) atoms. The van der Waals surface area contributed by atoms with Gasteiger partial charge < -0.3 is 16.0 Å². The number of thiophene rings is 1. The number of carbonyl (C=O) groups is 1. The second-order valence-corrected chi connectivity index (χ2v) is 5.33. The summed E-state index contributed by atoms with van der Waals surface area (Å²) >= 11 is 1.42. The molecule has 0 radical (unpaired) electrons. The second kappa shape index (κ2) is 6.43. The van der Waals surface area contributed by atoms with Crippen molar-refractivity contribution in [2.45, 2.75) is 13.8 Å². The highest BCUT2D eigenvalue weighted by atomic mass is 32.1. The average molecular weight is 289 g/mol. The lowest BCUT2D eigenvalue weighted by Crippen LogP contribution is -2.23. The predicted octanol–water partition coefficient (Wildman–Crippen LogP) is 3.43. The summed E-state index contributed by atoms with van der Waals surface area (Å²) in [5.41, 5.74) is 8.48. The van der Waals surface area contributed by atoms with Crippen molar-refractivity contribution in [1.82, 2.24) is 0 Å². The molecule has 0 aliphatic rings. The van der Waals surface area contributed by atoms with Gasteiger partial charge in [0.25, 0.3) is 5.91 Å². The normalized spacial score (nSPS) is 10.3. The Labute approximate surface area is 123 Å². The first-order chi connectivity index (χ1) is 9.65. The van der Waals surface area contributed by atoms with Crippen LogP contribution in [0.4, 0.5) is 17.1 Å². The molecule has 0 atom stereocenters. The van der Waals surface area contributed by atoms with Gasteiger partial charge in [0.15, 0.2) is 0 Å². The summed E-state index contributed by atoms with van der Waals surface area (Å²) in [7, 11) is 0. The number of nitrogens with zero attached hydrogens (tertiary/aromatic N) is 1. The van der Waals surface area contributed by atoms with E-state index in [1.807, 2.05) is 23.6 Å². The minimum atomic E-state index is -0.102. The predicted molar refractivity (Wildman–Crippen MR) is 86.7 cm³/mol. The van der Waals surface area contributed by atoms with E-state index in [4.69, 9.17) is 5.73 Å². The maximum absolute atomic E-state index is 12.0. The smallest absolute Gasteiger partial charge is 0.265 e. The van der Waals surface area contributed by atoms with Crippen LogP contribution >= 0.6 is 11.3 Å². The van der Waals surface area contributed by atoms with E-state index in [9.17, 15) is 4.79 Å². The van der Waals surface area contributed by atoms with Gasteiger partial charge in [0.05, 0.1) is 16.3 Å². The van der Waals surface area contributed by atoms with Crippen LogP contribution in [-0.2, 0) is 0 Å². The SMILES string of the molecule is CCN(CC)c1ccc(NC(=O)c2cccs2)cc1N. The van der Waals surface area contributed by atoms with Crippen molar-refractivity contribution in [3.8, 4) is 0 Å². The van der Waals surface area contributed by atoms with Gasteiger partial charge in [-0.15, -0.1) is 11.3 Å². The Bertz CT molecular complexity index is 577. The third-order valence-corrected chi connectivity index (χ3v) is 4.00. The lowest BCUT2D eigenvalue weighted by atomic mass is 10.2. The molecule has 2 aromatic rings. The molecule has 1 aromatic heterocycles. The van der Waals surface area contributed by atoms with E-state index in [2.05, 4.69) is 24.1 Å². The van der Waals surface area contributed by atoms with Crippen molar-refractivity contribution in [2.75, 3.05) is 29.0 Å². The minimum Gasteiger partial charge on any atom is -0.397 e. The Hall–Kier alpha value is -2.01. The highest BCUT2D eigenvalue weighted by Crippen LogP contribution is 2.26. The fraction of sp³-hybridized carbons (Fsp3) is 0.267. The Balaban J connectivity index is 2.15. The number of nitrogens with two attached hydrogens (primary N) is 1. The van der Waals surface area contributed by atoms with E-state index < -0.39 is 0 Å². The van der Waals surface area contributed by atoms with E-state index in [1.165, 1.54) is 11.3 Å².